The van der Waals surface area contributed by atoms with Crippen molar-refractivity contribution < 1.29 is 9.18 Å². The molecule has 1 aliphatic rings. The Morgan fingerprint density at radius 1 is 1.35 bits per heavy atom. The van der Waals surface area contributed by atoms with Crippen molar-refractivity contribution in [3.05, 3.63) is 35.6 Å². The Labute approximate surface area is 118 Å². The van der Waals surface area contributed by atoms with E-state index in [1.165, 1.54) is 6.07 Å². The largest absolute Gasteiger partial charge is 0.339 e. The molecule has 1 heterocycles. The molecule has 1 unspecified atom stereocenters. The lowest BCUT2D eigenvalue weighted by Crippen LogP contribution is -2.49. The molecule has 1 atom stereocenters. The number of carbonyl (C=O) groups is 1. The molecule has 1 fully saturated rings. The van der Waals surface area contributed by atoms with Gasteiger partial charge in [-0.15, -0.1) is 0 Å². The van der Waals surface area contributed by atoms with Crippen LogP contribution in [0.1, 0.15) is 5.56 Å². The minimum Gasteiger partial charge on any atom is -0.339 e. The van der Waals surface area contributed by atoms with E-state index in [0.717, 1.165) is 13.1 Å². The summed E-state index contributed by atoms with van der Waals surface area (Å²) in [6, 6.07) is 8.30. The fourth-order valence-corrected chi connectivity index (χ4v) is 2.32. The monoisotopic (exact) mass is 275 g/mol. The zero-order valence-corrected chi connectivity index (χ0v) is 11.6. The number of amides is 1. The molecule has 0 spiro atoms. The van der Waals surface area contributed by atoms with E-state index in [1.54, 1.807) is 23.1 Å². The van der Waals surface area contributed by atoms with Gasteiger partial charge >= 0.3 is 0 Å². The Hall–Kier alpha value is -1.93. The maximum atomic E-state index is 13.6. The maximum Gasteiger partial charge on any atom is 0.240 e. The lowest BCUT2D eigenvalue weighted by atomic mass is 9.98. The molecule has 0 aliphatic carbocycles. The van der Waals surface area contributed by atoms with Crippen LogP contribution in [0.5, 0.6) is 0 Å². The van der Waals surface area contributed by atoms with Crippen LogP contribution in [0.25, 0.3) is 0 Å². The second kappa shape index (κ2) is 6.49. The summed E-state index contributed by atoms with van der Waals surface area (Å²) in [5.74, 6) is -1.36. The van der Waals surface area contributed by atoms with Crippen molar-refractivity contribution in [2.24, 2.45) is 5.92 Å². The molecule has 4 nitrogen and oxygen atoms in total. The highest BCUT2D eigenvalue weighted by molar-refractivity contribution is 5.81. The van der Waals surface area contributed by atoms with E-state index < -0.39 is 5.92 Å². The summed E-state index contributed by atoms with van der Waals surface area (Å²) in [5.41, 5.74) is 0.418. The Bertz CT molecular complexity index is 518. The van der Waals surface area contributed by atoms with Gasteiger partial charge < -0.3 is 9.80 Å². The lowest BCUT2D eigenvalue weighted by Gasteiger charge is -2.33. The van der Waals surface area contributed by atoms with E-state index in [1.807, 2.05) is 13.1 Å². The molecular weight excluding hydrogens is 257 g/mol. The molecular formula is C15H18FN3O. The third-order valence-electron chi connectivity index (χ3n) is 3.65. The molecule has 1 aromatic rings. The number of piperazine rings is 1. The summed E-state index contributed by atoms with van der Waals surface area (Å²) < 4.78 is 13.6. The van der Waals surface area contributed by atoms with Crippen LogP contribution in [-0.4, -0.2) is 48.9 Å². The van der Waals surface area contributed by atoms with Gasteiger partial charge in [0.05, 0.1) is 6.07 Å². The van der Waals surface area contributed by atoms with Crippen molar-refractivity contribution in [1.29, 1.82) is 5.26 Å². The maximum absolute atomic E-state index is 13.6. The molecule has 0 N–H and O–H groups in total. The second-order valence-corrected chi connectivity index (χ2v) is 5.11. The molecule has 0 aromatic heterocycles. The highest BCUT2D eigenvalue weighted by atomic mass is 19.1. The smallest absolute Gasteiger partial charge is 0.240 e. The van der Waals surface area contributed by atoms with E-state index in [4.69, 9.17) is 0 Å². The van der Waals surface area contributed by atoms with Gasteiger partial charge in [0, 0.05) is 32.6 Å². The average Bonchev–Trinajstić information content (AvgIpc) is 2.46. The summed E-state index contributed by atoms with van der Waals surface area (Å²) in [5, 5.41) is 9.20. The third-order valence-corrected chi connectivity index (χ3v) is 3.65. The predicted octanol–water partition coefficient (Wildman–Crippen LogP) is 1.28. The second-order valence-electron chi connectivity index (χ2n) is 5.11. The van der Waals surface area contributed by atoms with E-state index in [9.17, 15) is 14.4 Å². The molecule has 0 saturated carbocycles. The van der Waals surface area contributed by atoms with Gasteiger partial charge in [0.15, 0.2) is 0 Å². The number of carbonyl (C=O) groups excluding carboxylic acids is 1. The molecule has 5 heteroatoms. The number of hydrogen-bond donors (Lipinski definition) is 0. The summed E-state index contributed by atoms with van der Waals surface area (Å²) in [7, 11) is 2.00. The van der Waals surface area contributed by atoms with Crippen LogP contribution in [0.2, 0.25) is 0 Å². The van der Waals surface area contributed by atoms with Crippen molar-refractivity contribution in [3.8, 4) is 6.07 Å². The van der Waals surface area contributed by atoms with Crippen molar-refractivity contribution >= 4 is 5.91 Å². The van der Waals surface area contributed by atoms with Crippen LogP contribution in [-0.2, 0) is 11.2 Å². The molecule has 2 rings (SSSR count). The standard InChI is InChI=1S/C15H18FN3O/c1-18-6-8-19(9-7-18)15(20)13(11-17)10-12-4-2-3-5-14(12)16/h2-5,13H,6-10H2,1H3. The first-order chi connectivity index (χ1) is 9.61. The van der Waals surface area contributed by atoms with Crippen LogP contribution >= 0.6 is 0 Å². The molecule has 1 aromatic carbocycles. The molecule has 20 heavy (non-hydrogen) atoms. The Balaban J connectivity index is 2.03. The minimum absolute atomic E-state index is 0.133. The topological polar surface area (TPSA) is 47.3 Å². The van der Waals surface area contributed by atoms with Crippen molar-refractivity contribution in [3.63, 3.8) is 0 Å². The first-order valence-corrected chi connectivity index (χ1v) is 6.72. The third kappa shape index (κ3) is 3.34. The van der Waals surface area contributed by atoms with Crippen molar-refractivity contribution in [1.82, 2.24) is 9.80 Å². The van der Waals surface area contributed by atoms with E-state index in [-0.39, 0.29) is 18.1 Å². The molecule has 0 bridgehead atoms. The summed E-state index contributed by atoms with van der Waals surface area (Å²) in [6.07, 6.45) is 0.133. The van der Waals surface area contributed by atoms with Gasteiger partial charge in [-0.3, -0.25) is 4.79 Å². The van der Waals surface area contributed by atoms with Crippen LogP contribution in [0.3, 0.4) is 0 Å². The normalized spacial score (nSPS) is 17.6. The van der Waals surface area contributed by atoms with Crippen molar-refractivity contribution in [2.75, 3.05) is 33.2 Å². The summed E-state index contributed by atoms with van der Waals surface area (Å²) in [6.45, 7) is 2.88. The molecule has 1 aliphatic heterocycles. The quantitative estimate of drug-likeness (QED) is 0.835. The van der Waals surface area contributed by atoms with E-state index >= 15 is 0 Å². The number of benzene rings is 1. The Morgan fingerprint density at radius 3 is 2.60 bits per heavy atom. The first kappa shape index (κ1) is 14.5. The summed E-state index contributed by atoms with van der Waals surface area (Å²) >= 11 is 0. The Kier molecular flexibility index (Phi) is 4.70. The van der Waals surface area contributed by atoms with Crippen LogP contribution < -0.4 is 0 Å². The van der Waals surface area contributed by atoms with Gasteiger partial charge in [0.25, 0.3) is 0 Å². The summed E-state index contributed by atoms with van der Waals surface area (Å²) in [4.78, 5) is 16.2. The van der Waals surface area contributed by atoms with E-state index in [0.29, 0.717) is 18.7 Å². The van der Waals surface area contributed by atoms with Crippen molar-refractivity contribution in [2.45, 2.75) is 6.42 Å². The number of rotatable bonds is 3. The highest BCUT2D eigenvalue weighted by Crippen LogP contribution is 2.15. The average molecular weight is 275 g/mol. The van der Waals surface area contributed by atoms with Crippen LogP contribution in [0.15, 0.2) is 24.3 Å². The fraction of sp³-hybridized carbons (Fsp3) is 0.467. The fourth-order valence-electron chi connectivity index (χ4n) is 2.32. The lowest BCUT2D eigenvalue weighted by molar-refractivity contribution is -0.135. The van der Waals surface area contributed by atoms with Crippen LogP contribution in [0, 0.1) is 23.1 Å². The van der Waals surface area contributed by atoms with Gasteiger partial charge in [-0.1, -0.05) is 18.2 Å². The highest BCUT2D eigenvalue weighted by Gasteiger charge is 2.27. The predicted molar refractivity (Wildman–Crippen MR) is 73.3 cm³/mol. The van der Waals surface area contributed by atoms with Gasteiger partial charge in [-0.2, -0.15) is 5.26 Å². The van der Waals surface area contributed by atoms with Gasteiger partial charge in [-0.25, -0.2) is 4.39 Å². The number of halogens is 1. The Morgan fingerprint density at radius 2 is 2.00 bits per heavy atom. The molecule has 106 valence electrons. The zero-order chi connectivity index (χ0) is 14.5. The molecule has 1 saturated heterocycles. The van der Waals surface area contributed by atoms with Gasteiger partial charge in [0.1, 0.15) is 11.7 Å². The number of hydrogen-bond acceptors (Lipinski definition) is 3. The molecule has 0 radical (unpaired) electrons. The van der Waals surface area contributed by atoms with E-state index in [2.05, 4.69) is 4.90 Å². The number of likely N-dealkylation sites (N-methyl/N-ethyl adjacent to an activating group) is 1. The molecule has 1 amide bonds. The minimum atomic E-state index is -0.810. The van der Waals surface area contributed by atoms with Gasteiger partial charge in [0.2, 0.25) is 5.91 Å². The zero-order valence-electron chi connectivity index (χ0n) is 11.6. The number of nitrogens with zero attached hydrogens (tertiary/aromatic N) is 3. The van der Waals surface area contributed by atoms with Gasteiger partial charge in [-0.05, 0) is 18.7 Å². The first-order valence-electron chi connectivity index (χ1n) is 6.72. The SMILES string of the molecule is CN1CCN(C(=O)C(C#N)Cc2ccccc2F)CC1. The number of nitriles is 1. The van der Waals surface area contributed by atoms with Crippen LogP contribution in [0.4, 0.5) is 4.39 Å².